The second kappa shape index (κ2) is 17.2. The predicted molar refractivity (Wildman–Crippen MR) is 235 cm³/mol. The Morgan fingerprint density at radius 1 is 0.906 bits per heavy atom. The van der Waals surface area contributed by atoms with Gasteiger partial charge in [-0.2, -0.15) is 0 Å². The van der Waals surface area contributed by atoms with Gasteiger partial charge in [0.15, 0.2) is 0 Å². The third-order valence-corrected chi connectivity index (χ3v) is 14.8. The number of aromatic amines is 2. The number of hydrogen-bond acceptors (Lipinski definition) is 10. The van der Waals surface area contributed by atoms with Crippen LogP contribution in [0.25, 0.3) is 22.9 Å². The van der Waals surface area contributed by atoms with Gasteiger partial charge in [0.25, 0.3) is 0 Å². The first-order valence-electron chi connectivity index (χ1n) is 23.0. The number of imidazole rings is 2. The van der Waals surface area contributed by atoms with Crippen LogP contribution < -0.4 is 10.6 Å². The summed E-state index contributed by atoms with van der Waals surface area (Å²) in [6.07, 6.45) is 16.3. The number of carbonyl (C=O) groups excluding carboxylic acids is 4. The molecule has 10 rings (SSSR count). The van der Waals surface area contributed by atoms with Crippen molar-refractivity contribution in [3.05, 3.63) is 82.5 Å². The molecule has 4 N–H and O–H groups in total. The molecule has 338 valence electrons. The van der Waals surface area contributed by atoms with Crippen molar-refractivity contribution in [3.8, 4) is 11.3 Å². The molecule has 3 saturated heterocycles. The second-order valence-electron chi connectivity index (χ2n) is 18.7. The van der Waals surface area contributed by atoms with Gasteiger partial charge in [0.1, 0.15) is 36.1 Å². The lowest BCUT2D eigenvalue weighted by molar-refractivity contribution is -0.138. The summed E-state index contributed by atoms with van der Waals surface area (Å²) < 4.78 is 21.8. The smallest absolute Gasteiger partial charge is 0.407 e. The molecule has 64 heavy (non-hydrogen) atoms. The minimum Gasteiger partial charge on any atom is -0.489 e. The van der Waals surface area contributed by atoms with Crippen LogP contribution in [0.1, 0.15) is 117 Å². The SMILES string of the molecule is COC(=O)N[C@H](C(=O)N1[C@H](c2nc3c([nH]2)C2C=C4OCc5cc(-c6cnc(C7CCCN7C(=O)[C@@H](NC(=O)OC)C7CCOCC7)[nH]6)ccc5C4=CC2C=C3)C[C@@H]2CCC[C@@H]21)C(C)C. The van der Waals surface area contributed by atoms with Crippen LogP contribution in [-0.4, -0.2) is 106 Å². The Hall–Kier alpha value is -5.90. The molecule has 0 spiro atoms. The van der Waals surface area contributed by atoms with Crippen molar-refractivity contribution in [3.63, 3.8) is 0 Å². The van der Waals surface area contributed by atoms with Crippen LogP contribution in [0.2, 0.25) is 0 Å². The summed E-state index contributed by atoms with van der Waals surface area (Å²) in [6, 6.07) is 4.68. The molecule has 1 saturated carbocycles. The number of likely N-dealkylation sites (tertiary alicyclic amines) is 2. The number of allylic oxidation sites excluding steroid dienone is 4. The lowest BCUT2D eigenvalue weighted by Gasteiger charge is -2.34. The molecule has 3 aromatic rings. The molecular weight excluding hydrogens is 817 g/mol. The molecule has 3 unspecified atom stereocenters. The molecule has 2 aromatic heterocycles. The van der Waals surface area contributed by atoms with Crippen LogP contribution in [0.3, 0.4) is 0 Å². The van der Waals surface area contributed by atoms with Crippen molar-refractivity contribution in [2.75, 3.05) is 34.0 Å². The average Bonchev–Trinajstić information content (AvgIpc) is 4.17. The van der Waals surface area contributed by atoms with Gasteiger partial charge in [-0.15, -0.1) is 0 Å². The summed E-state index contributed by atoms with van der Waals surface area (Å²) in [4.78, 5) is 74.1. The van der Waals surface area contributed by atoms with E-state index in [-0.39, 0.29) is 53.6 Å². The fourth-order valence-corrected chi connectivity index (χ4v) is 11.5. The van der Waals surface area contributed by atoms with E-state index in [4.69, 9.17) is 28.9 Å². The summed E-state index contributed by atoms with van der Waals surface area (Å²) >= 11 is 0. The molecule has 0 radical (unpaired) electrons. The highest BCUT2D eigenvalue weighted by atomic mass is 16.5. The first-order chi connectivity index (χ1) is 31.1. The number of methoxy groups -OCH3 is 2. The summed E-state index contributed by atoms with van der Waals surface area (Å²) in [5.41, 5.74) is 6.98. The summed E-state index contributed by atoms with van der Waals surface area (Å²) in [5.74, 6) is 2.46. The number of alkyl carbamates (subject to hydrolysis) is 2. The Morgan fingerprint density at radius 3 is 2.52 bits per heavy atom. The highest BCUT2D eigenvalue weighted by molar-refractivity contribution is 5.88. The number of rotatable bonds is 9. The van der Waals surface area contributed by atoms with Gasteiger partial charge in [0.05, 0.1) is 49.6 Å². The standard InChI is InChI=1S/C48H58N8O8/c1-25(2)40(53-47(59)61-3)46(58)56-36-8-5-7-29(36)21-38(56)44-50-34-13-11-27-20-33-31-12-10-28(19-30(31)24-64-39(33)22-32(27)42(34)52-44)35-23-49-43(51-35)37-9-6-16-55(37)45(57)41(54-48(60)62-4)26-14-17-63-18-15-26/h10-13,19-20,22-23,25-27,29,32,36-38,40-41H,5-9,14-18,21,24H2,1-4H3,(H,49,51)(H,50,52)(H,53,59)(H,54,60)/t27?,29-,32?,36-,37?,38-,40-,41-/m0/s1. The topological polar surface area (TPSA) is 193 Å². The Bertz CT molecular complexity index is 2410. The van der Waals surface area contributed by atoms with Gasteiger partial charge in [0, 0.05) is 43.2 Å². The van der Waals surface area contributed by atoms with Gasteiger partial charge < -0.3 is 49.3 Å². The molecule has 6 heterocycles. The van der Waals surface area contributed by atoms with Crippen LogP contribution in [-0.2, 0) is 35.1 Å². The van der Waals surface area contributed by atoms with Crippen molar-refractivity contribution in [1.29, 1.82) is 0 Å². The summed E-state index contributed by atoms with van der Waals surface area (Å²) in [6.45, 7) is 5.99. The number of fused-ring (bicyclic) bond motifs is 7. The van der Waals surface area contributed by atoms with E-state index in [1.165, 1.54) is 14.2 Å². The van der Waals surface area contributed by atoms with Crippen LogP contribution in [0, 0.1) is 23.7 Å². The van der Waals surface area contributed by atoms with Crippen molar-refractivity contribution < 1.29 is 38.1 Å². The average molecular weight is 875 g/mol. The van der Waals surface area contributed by atoms with Crippen LogP contribution in [0.5, 0.6) is 0 Å². The molecule has 16 nitrogen and oxygen atoms in total. The summed E-state index contributed by atoms with van der Waals surface area (Å²) in [7, 11) is 2.63. The van der Waals surface area contributed by atoms with E-state index < -0.39 is 24.3 Å². The molecule has 0 bridgehead atoms. The van der Waals surface area contributed by atoms with Crippen molar-refractivity contribution in [2.45, 2.75) is 108 Å². The number of ether oxygens (including phenoxy) is 4. The minimum atomic E-state index is -0.700. The van der Waals surface area contributed by atoms with E-state index in [2.05, 4.69) is 63.1 Å². The molecule has 16 heteroatoms. The Labute approximate surface area is 372 Å². The first-order valence-corrected chi connectivity index (χ1v) is 23.0. The second-order valence-corrected chi connectivity index (χ2v) is 18.7. The summed E-state index contributed by atoms with van der Waals surface area (Å²) in [5, 5.41) is 5.63. The zero-order valence-corrected chi connectivity index (χ0v) is 36.9. The van der Waals surface area contributed by atoms with Crippen LogP contribution in [0.15, 0.2) is 48.4 Å². The third kappa shape index (κ3) is 7.56. The van der Waals surface area contributed by atoms with Crippen LogP contribution in [0.4, 0.5) is 9.59 Å². The molecule has 8 atom stereocenters. The zero-order valence-electron chi connectivity index (χ0n) is 36.9. The van der Waals surface area contributed by atoms with Gasteiger partial charge in [-0.3, -0.25) is 9.59 Å². The predicted octanol–water partition coefficient (Wildman–Crippen LogP) is 6.68. The van der Waals surface area contributed by atoms with E-state index in [0.717, 1.165) is 95.3 Å². The van der Waals surface area contributed by atoms with Gasteiger partial charge in [0.2, 0.25) is 11.8 Å². The minimum absolute atomic E-state index is 0.0102. The lowest BCUT2D eigenvalue weighted by Crippen LogP contribution is -2.53. The molecule has 4 aliphatic heterocycles. The monoisotopic (exact) mass is 874 g/mol. The van der Waals surface area contributed by atoms with Gasteiger partial charge >= 0.3 is 12.2 Å². The largest absolute Gasteiger partial charge is 0.489 e. The normalized spacial score (nSPS) is 26.6. The number of hydrogen-bond donors (Lipinski definition) is 4. The van der Waals surface area contributed by atoms with E-state index in [1.807, 2.05) is 29.8 Å². The fraction of sp³-hybridized carbons (Fsp3) is 0.542. The van der Waals surface area contributed by atoms with Crippen molar-refractivity contribution in [1.82, 2.24) is 40.4 Å². The maximum absolute atomic E-state index is 14.3. The molecule has 3 aliphatic carbocycles. The number of benzene rings is 1. The Kier molecular flexibility index (Phi) is 11.3. The first kappa shape index (κ1) is 42.1. The molecule has 1 aromatic carbocycles. The molecular formula is C48H58N8O8. The van der Waals surface area contributed by atoms with E-state index in [9.17, 15) is 19.2 Å². The lowest BCUT2D eigenvalue weighted by atomic mass is 9.77. The van der Waals surface area contributed by atoms with Crippen molar-refractivity contribution >= 4 is 35.6 Å². The van der Waals surface area contributed by atoms with Gasteiger partial charge in [-0.25, -0.2) is 19.6 Å². The third-order valence-electron chi connectivity index (χ3n) is 14.8. The number of nitrogens with one attached hydrogen (secondary N) is 4. The quantitative estimate of drug-likeness (QED) is 0.180. The highest BCUT2D eigenvalue weighted by Crippen LogP contribution is 2.50. The number of nitrogens with zero attached hydrogens (tertiary/aromatic N) is 4. The molecule has 7 aliphatic rings. The maximum atomic E-state index is 14.3. The maximum Gasteiger partial charge on any atom is 0.407 e. The number of carbonyl (C=O) groups is 4. The van der Waals surface area contributed by atoms with E-state index in [1.54, 1.807) is 0 Å². The Balaban J connectivity index is 0.859. The molecule has 4 fully saturated rings. The van der Waals surface area contributed by atoms with Crippen LogP contribution >= 0.6 is 0 Å². The number of H-pyrrole nitrogens is 2. The molecule has 4 amide bonds. The van der Waals surface area contributed by atoms with E-state index in [0.29, 0.717) is 45.1 Å². The van der Waals surface area contributed by atoms with Gasteiger partial charge in [-0.05, 0) is 97.6 Å². The number of aromatic nitrogens is 4. The van der Waals surface area contributed by atoms with Gasteiger partial charge in [-0.1, -0.05) is 44.6 Å². The van der Waals surface area contributed by atoms with E-state index >= 15 is 0 Å². The highest BCUT2D eigenvalue weighted by Gasteiger charge is 2.50. The van der Waals surface area contributed by atoms with Crippen molar-refractivity contribution in [2.24, 2.45) is 23.7 Å². The Morgan fingerprint density at radius 2 is 1.72 bits per heavy atom. The number of amides is 4. The fourth-order valence-electron chi connectivity index (χ4n) is 11.5. The zero-order chi connectivity index (χ0) is 44.2.